The molecule has 7 heteroatoms. The number of esters is 1. The average molecular weight is 358 g/mol. The van der Waals surface area contributed by atoms with Crippen LogP contribution >= 0.6 is 0 Å². The van der Waals surface area contributed by atoms with Crippen LogP contribution in [0.3, 0.4) is 0 Å². The van der Waals surface area contributed by atoms with Crippen molar-refractivity contribution in [1.29, 1.82) is 0 Å². The molecule has 0 radical (unpaired) electrons. The Bertz CT molecular complexity index is 725. The van der Waals surface area contributed by atoms with Gasteiger partial charge in [0.1, 0.15) is 6.04 Å². The van der Waals surface area contributed by atoms with Gasteiger partial charge in [-0.15, -0.1) is 0 Å². The maximum absolute atomic E-state index is 12.4. The van der Waals surface area contributed by atoms with Gasteiger partial charge in [-0.3, -0.25) is 19.3 Å². The van der Waals surface area contributed by atoms with Gasteiger partial charge in [-0.25, -0.2) is 4.79 Å². The lowest BCUT2D eigenvalue weighted by molar-refractivity contribution is -0.156. The predicted molar refractivity (Wildman–Crippen MR) is 92.4 cm³/mol. The number of hydrogen-bond donors (Lipinski definition) is 0. The fraction of sp³-hybridized carbons (Fsp3) is 0.474. The molecule has 0 aliphatic carbocycles. The molecular weight excluding hydrogens is 336 g/mol. The standard InChI is InChI=1S/C19H22N2O5/c1-12-7-5-6-10-20(12)16(22)11-26-19(25)13(2)21-17(23)14-8-3-4-9-15(14)18(21)24/h3-4,8-9,12-13H,5-7,10-11H2,1-2H3/t12-,13-/m0/s1. The maximum Gasteiger partial charge on any atom is 0.329 e. The van der Waals surface area contributed by atoms with Crippen molar-refractivity contribution < 1.29 is 23.9 Å². The van der Waals surface area contributed by atoms with Crippen molar-refractivity contribution >= 4 is 23.7 Å². The van der Waals surface area contributed by atoms with E-state index in [9.17, 15) is 19.2 Å². The third-order valence-corrected chi connectivity index (χ3v) is 5.02. The minimum atomic E-state index is -1.09. The van der Waals surface area contributed by atoms with Crippen molar-refractivity contribution in [2.75, 3.05) is 13.2 Å². The SMILES string of the molecule is C[C@H]1CCCCN1C(=O)COC(=O)[C@H](C)N1C(=O)c2ccccc2C1=O. The highest BCUT2D eigenvalue weighted by molar-refractivity contribution is 6.22. The van der Waals surface area contributed by atoms with E-state index >= 15 is 0 Å². The zero-order valence-electron chi connectivity index (χ0n) is 14.9. The van der Waals surface area contributed by atoms with E-state index in [0.29, 0.717) is 6.54 Å². The summed E-state index contributed by atoms with van der Waals surface area (Å²) in [5.41, 5.74) is 0.547. The molecule has 1 fully saturated rings. The van der Waals surface area contributed by atoms with Crippen LogP contribution in [0.5, 0.6) is 0 Å². The lowest BCUT2D eigenvalue weighted by Crippen LogP contribution is -2.46. The third-order valence-electron chi connectivity index (χ3n) is 5.02. The molecule has 1 aromatic carbocycles. The molecule has 0 bridgehead atoms. The zero-order valence-corrected chi connectivity index (χ0v) is 14.9. The predicted octanol–water partition coefficient (Wildman–Crippen LogP) is 1.62. The summed E-state index contributed by atoms with van der Waals surface area (Å²) in [6, 6.07) is 5.46. The Morgan fingerprint density at radius 1 is 1.15 bits per heavy atom. The van der Waals surface area contributed by atoms with E-state index < -0.39 is 23.8 Å². The summed E-state index contributed by atoms with van der Waals surface area (Å²) in [6.07, 6.45) is 2.96. The summed E-state index contributed by atoms with van der Waals surface area (Å²) in [4.78, 5) is 52.0. The number of imide groups is 1. The van der Waals surface area contributed by atoms with Crippen LogP contribution in [0.2, 0.25) is 0 Å². The van der Waals surface area contributed by atoms with Crippen molar-refractivity contribution in [2.24, 2.45) is 0 Å². The normalized spacial score (nSPS) is 20.8. The lowest BCUT2D eigenvalue weighted by atomic mass is 10.0. The fourth-order valence-electron chi connectivity index (χ4n) is 3.47. The first-order valence-corrected chi connectivity index (χ1v) is 8.85. The van der Waals surface area contributed by atoms with E-state index in [1.165, 1.54) is 6.92 Å². The monoisotopic (exact) mass is 358 g/mol. The number of carbonyl (C=O) groups excluding carboxylic acids is 4. The third kappa shape index (κ3) is 3.21. The van der Waals surface area contributed by atoms with E-state index in [2.05, 4.69) is 0 Å². The van der Waals surface area contributed by atoms with Crippen LogP contribution in [0.25, 0.3) is 0 Å². The summed E-state index contributed by atoms with van der Waals surface area (Å²) in [6.45, 7) is 3.68. The topological polar surface area (TPSA) is 84.0 Å². The van der Waals surface area contributed by atoms with Crippen molar-refractivity contribution in [3.8, 4) is 0 Å². The van der Waals surface area contributed by atoms with Gasteiger partial charge in [0.2, 0.25) is 0 Å². The molecule has 3 amide bonds. The van der Waals surface area contributed by atoms with Crippen molar-refractivity contribution in [3.05, 3.63) is 35.4 Å². The molecule has 7 nitrogen and oxygen atoms in total. The van der Waals surface area contributed by atoms with Gasteiger partial charge in [0.25, 0.3) is 17.7 Å². The van der Waals surface area contributed by atoms with Crippen LogP contribution in [-0.4, -0.2) is 58.7 Å². The first-order valence-electron chi connectivity index (χ1n) is 8.85. The second-order valence-corrected chi connectivity index (χ2v) is 6.74. The van der Waals surface area contributed by atoms with Gasteiger partial charge in [0.05, 0.1) is 11.1 Å². The van der Waals surface area contributed by atoms with E-state index in [1.807, 2.05) is 6.92 Å². The average Bonchev–Trinajstić information content (AvgIpc) is 2.90. The molecule has 1 saturated heterocycles. The number of amides is 3. The van der Waals surface area contributed by atoms with Gasteiger partial charge in [-0.1, -0.05) is 12.1 Å². The molecule has 2 aliphatic heterocycles. The molecule has 26 heavy (non-hydrogen) atoms. The fourth-order valence-corrected chi connectivity index (χ4v) is 3.47. The van der Waals surface area contributed by atoms with Gasteiger partial charge in [-0.05, 0) is 45.2 Å². The Balaban J connectivity index is 1.61. The van der Waals surface area contributed by atoms with Gasteiger partial charge in [0.15, 0.2) is 6.61 Å². The number of ether oxygens (including phenoxy) is 1. The quantitative estimate of drug-likeness (QED) is 0.603. The minimum Gasteiger partial charge on any atom is -0.454 e. The Kier molecular flexibility index (Phi) is 5.06. The molecule has 138 valence electrons. The van der Waals surface area contributed by atoms with E-state index in [1.54, 1.807) is 29.2 Å². The Morgan fingerprint density at radius 3 is 2.35 bits per heavy atom. The summed E-state index contributed by atoms with van der Waals surface area (Å²) >= 11 is 0. The van der Waals surface area contributed by atoms with Gasteiger partial charge in [-0.2, -0.15) is 0 Å². The summed E-state index contributed by atoms with van der Waals surface area (Å²) < 4.78 is 5.10. The number of nitrogens with zero attached hydrogens (tertiary/aromatic N) is 2. The molecular formula is C19H22N2O5. The van der Waals surface area contributed by atoms with Crippen LogP contribution in [-0.2, 0) is 14.3 Å². The molecule has 2 atom stereocenters. The highest BCUT2D eigenvalue weighted by atomic mass is 16.5. The van der Waals surface area contributed by atoms with Gasteiger partial charge in [0, 0.05) is 12.6 Å². The van der Waals surface area contributed by atoms with Crippen molar-refractivity contribution in [2.45, 2.75) is 45.2 Å². The van der Waals surface area contributed by atoms with E-state index in [4.69, 9.17) is 4.74 Å². The second kappa shape index (κ2) is 7.27. The largest absolute Gasteiger partial charge is 0.454 e. The zero-order chi connectivity index (χ0) is 18.8. The molecule has 0 aromatic heterocycles. The summed E-state index contributed by atoms with van der Waals surface area (Å²) in [5, 5.41) is 0. The van der Waals surface area contributed by atoms with E-state index in [0.717, 1.165) is 24.2 Å². The molecule has 0 spiro atoms. The van der Waals surface area contributed by atoms with Crippen LogP contribution in [0, 0.1) is 0 Å². The number of benzene rings is 1. The van der Waals surface area contributed by atoms with Crippen molar-refractivity contribution in [1.82, 2.24) is 9.80 Å². The number of likely N-dealkylation sites (tertiary alicyclic amines) is 1. The van der Waals surface area contributed by atoms with Crippen LogP contribution in [0.4, 0.5) is 0 Å². The number of carbonyl (C=O) groups is 4. The Labute approximate surface area is 151 Å². The lowest BCUT2D eigenvalue weighted by Gasteiger charge is -2.33. The van der Waals surface area contributed by atoms with Crippen LogP contribution in [0.1, 0.15) is 53.8 Å². The van der Waals surface area contributed by atoms with Gasteiger partial charge < -0.3 is 9.64 Å². The first-order chi connectivity index (χ1) is 12.4. The van der Waals surface area contributed by atoms with Crippen LogP contribution in [0.15, 0.2) is 24.3 Å². The Morgan fingerprint density at radius 2 is 1.77 bits per heavy atom. The molecule has 1 aromatic rings. The molecule has 0 N–H and O–H groups in total. The summed E-state index contributed by atoms with van der Waals surface area (Å²) in [7, 11) is 0. The maximum atomic E-state index is 12.4. The number of fused-ring (bicyclic) bond motifs is 1. The highest BCUT2D eigenvalue weighted by Crippen LogP contribution is 2.25. The van der Waals surface area contributed by atoms with E-state index in [-0.39, 0.29) is 29.7 Å². The minimum absolute atomic E-state index is 0.128. The second-order valence-electron chi connectivity index (χ2n) is 6.74. The number of rotatable bonds is 4. The molecule has 2 aliphatic rings. The Hall–Kier alpha value is -2.70. The molecule has 0 saturated carbocycles. The number of hydrogen-bond acceptors (Lipinski definition) is 5. The first kappa shape index (κ1) is 18.1. The van der Waals surface area contributed by atoms with Gasteiger partial charge >= 0.3 is 5.97 Å². The molecule has 0 unspecified atom stereocenters. The molecule has 3 rings (SSSR count). The van der Waals surface area contributed by atoms with Crippen LogP contribution < -0.4 is 0 Å². The molecule has 2 heterocycles. The van der Waals surface area contributed by atoms with Crippen molar-refractivity contribution in [3.63, 3.8) is 0 Å². The summed E-state index contributed by atoms with van der Waals surface area (Å²) in [5.74, 6) is -2.06. The smallest absolute Gasteiger partial charge is 0.329 e. The highest BCUT2D eigenvalue weighted by Gasteiger charge is 2.41. The number of piperidine rings is 1.